The number of thiophene rings is 2. The molecule has 0 aliphatic carbocycles. The summed E-state index contributed by atoms with van der Waals surface area (Å²) in [6.45, 7) is 3.93. The summed E-state index contributed by atoms with van der Waals surface area (Å²) < 4.78 is 5.30. The third-order valence-corrected chi connectivity index (χ3v) is 8.49. The van der Waals surface area contributed by atoms with E-state index in [2.05, 4.69) is 10.6 Å². The van der Waals surface area contributed by atoms with Crippen LogP contribution in [0.1, 0.15) is 40.3 Å². The van der Waals surface area contributed by atoms with E-state index in [9.17, 15) is 14.4 Å². The molecular weight excluding hydrogens is 525 g/mol. The van der Waals surface area contributed by atoms with Crippen molar-refractivity contribution < 1.29 is 19.1 Å². The van der Waals surface area contributed by atoms with Gasteiger partial charge in [0.1, 0.15) is 10.6 Å². The average molecular weight is 551 g/mol. The molecule has 2 aromatic carbocycles. The number of anilines is 2. The van der Waals surface area contributed by atoms with Gasteiger partial charge in [-0.1, -0.05) is 49.4 Å². The third-order valence-electron chi connectivity index (χ3n) is 5.37. The van der Waals surface area contributed by atoms with Crippen LogP contribution in [0.5, 0.6) is 0 Å². The highest BCUT2D eigenvalue weighted by atomic mass is 32.2. The maximum absolute atomic E-state index is 13.3. The summed E-state index contributed by atoms with van der Waals surface area (Å²) in [6.07, 6.45) is 0.577. The Morgan fingerprint density at radius 3 is 2.46 bits per heavy atom. The van der Waals surface area contributed by atoms with Crippen molar-refractivity contribution in [3.8, 4) is 11.1 Å². The number of hydrogen-bond acceptors (Lipinski definition) is 7. The molecule has 37 heavy (non-hydrogen) atoms. The molecule has 0 radical (unpaired) electrons. The number of carbonyl (C=O) groups excluding carboxylic acids is 3. The van der Waals surface area contributed by atoms with Crippen LogP contribution in [-0.4, -0.2) is 29.6 Å². The lowest BCUT2D eigenvalue weighted by atomic mass is 10.0. The van der Waals surface area contributed by atoms with E-state index in [-0.39, 0.29) is 18.4 Å². The first-order valence-corrected chi connectivity index (χ1v) is 14.4. The Morgan fingerprint density at radius 1 is 0.946 bits per heavy atom. The zero-order valence-corrected chi connectivity index (χ0v) is 22.8. The van der Waals surface area contributed by atoms with Crippen molar-refractivity contribution in [1.29, 1.82) is 0 Å². The summed E-state index contributed by atoms with van der Waals surface area (Å²) in [6, 6.07) is 20.6. The van der Waals surface area contributed by atoms with Gasteiger partial charge in [-0.05, 0) is 48.6 Å². The Labute approximate surface area is 228 Å². The van der Waals surface area contributed by atoms with Gasteiger partial charge < -0.3 is 15.4 Å². The van der Waals surface area contributed by atoms with Crippen molar-refractivity contribution in [3.05, 3.63) is 87.9 Å². The van der Waals surface area contributed by atoms with Crippen molar-refractivity contribution in [1.82, 2.24) is 0 Å². The maximum Gasteiger partial charge on any atom is 0.341 e. The molecule has 1 atom stereocenters. The first kappa shape index (κ1) is 26.7. The van der Waals surface area contributed by atoms with Gasteiger partial charge >= 0.3 is 5.97 Å². The van der Waals surface area contributed by atoms with E-state index in [1.54, 1.807) is 13.0 Å². The van der Waals surface area contributed by atoms with Crippen LogP contribution in [0.4, 0.5) is 10.7 Å². The molecule has 190 valence electrons. The predicted octanol–water partition coefficient (Wildman–Crippen LogP) is 7.42. The number of rotatable bonds is 10. The molecule has 2 heterocycles. The van der Waals surface area contributed by atoms with Crippen LogP contribution in [-0.2, 0) is 9.53 Å². The van der Waals surface area contributed by atoms with Crippen LogP contribution in [0.25, 0.3) is 11.1 Å². The Hall–Kier alpha value is -3.40. The van der Waals surface area contributed by atoms with E-state index >= 15 is 0 Å². The summed E-state index contributed by atoms with van der Waals surface area (Å²) in [4.78, 5) is 40.0. The third kappa shape index (κ3) is 6.68. The molecule has 6 nitrogen and oxygen atoms in total. The first-order chi connectivity index (χ1) is 18.0. The topological polar surface area (TPSA) is 84.5 Å². The normalized spacial score (nSPS) is 11.5. The average Bonchev–Trinajstić information content (AvgIpc) is 3.59. The van der Waals surface area contributed by atoms with Crippen LogP contribution < -0.4 is 10.6 Å². The number of nitrogens with one attached hydrogen (secondary N) is 2. The number of amides is 2. The van der Waals surface area contributed by atoms with Gasteiger partial charge in [0.15, 0.2) is 0 Å². The molecule has 4 aromatic rings. The van der Waals surface area contributed by atoms with Crippen LogP contribution in [0.2, 0.25) is 0 Å². The highest BCUT2D eigenvalue weighted by Crippen LogP contribution is 2.37. The highest BCUT2D eigenvalue weighted by molar-refractivity contribution is 8.00. The fourth-order valence-electron chi connectivity index (χ4n) is 3.61. The molecule has 0 aliphatic heterocycles. The van der Waals surface area contributed by atoms with Crippen molar-refractivity contribution >= 4 is 62.9 Å². The summed E-state index contributed by atoms with van der Waals surface area (Å²) in [5, 5.41) is 9.66. The molecule has 2 N–H and O–H groups in total. The van der Waals surface area contributed by atoms with Gasteiger partial charge in [-0.15, -0.1) is 34.4 Å². The zero-order valence-electron chi connectivity index (χ0n) is 20.4. The first-order valence-electron chi connectivity index (χ1n) is 11.8. The zero-order chi connectivity index (χ0) is 26.2. The van der Waals surface area contributed by atoms with Crippen molar-refractivity contribution in [2.45, 2.75) is 30.4 Å². The van der Waals surface area contributed by atoms with Crippen LogP contribution in [0.3, 0.4) is 0 Å². The molecule has 0 aliphatic rings. The lowest BCUT2D eigenvalue weighted by molar-refractivity contribution is -0.115. The minimum atomic E-state index is -0.465. The van der Waals surface area contributed by atoms with E-state index in [1.807, 2.05) is 78.3 Å². The fourth-order valence-corrected chi connectivity index (χ4v) is 6.21. The minimum absolute atomic E-state index is 0.166. The van der Waals surface area contributed by atoms with Gasteiger partial charge in [0.25, 0.3) is 5.91 Å². The number of ether oxygens (including phenoxy) is 1. The van der Waals surface area contributed by atoms with E-state index < -0.39 is 11.2 Å². The molecule has 2 amide bonds. The van der Waals surface area contributed by atoms with Gasteiger partial charge in [0.05, 0.1) is 16.7 Å². The van der Waals surface area contributed by atoms with Crippen molar-refractivity contribution in [2.24, 2.45) is 0 Å². The molecule has 0 saturated carbocycles. The molecular formula is C28H26N2O4S3. The van der Waals surface area contributed by atoms with E-state index in [0.29, 0.717) is 27.5 Å². The number of esters is 1. The van der Waals surface area contributed by atoms with Gasteiger partial charge in [0, 0.05) is 21.5 Å². The Morgan fingerprint density at radius 2 is 1.76 bits per heavy atom. The smallest absolute Gasteiger partial charge is 0.341 e. The molecule has 0 bridgehead atoms. The van der Waals surface area contributed by atoms with Gasteiger partial charge in [0.2, 0.25) is 5.91 Å². The SMILES string of the molecule is CCOC(=O)c1c(-c2ccccc2)csc1NC(=O)C(CC)Sc1cccc(NC(=O)c2cccs2)c1. The largest absolute Gasteiger partial charge is 0.462 e. The van der Waals surface area contributed by atoms with E-state index in [1.165, 1.54) is 34.4 Å². The minimum Gasteiger partial charge on any atom is -0.462 e. The fraction of sp³-hybridized carbons (Fsp3) is 0.179. The quantitative estimate of drug-likeness (QED) is 0.159. The van der Waals surface area contributed by atoms with E-state index in [4.69, 9.17) is 4.74 Å². The van der Waals surface area contributed by atoms with Crippen LogP contribution in [0.15, 0.2) is 82.4 Å². The molecule has 0 spiro atoms. The monoisotopic (exact) mass is 550 g/mol. The highest BCUT2D eigenvalue weighted by Gasteiger charge is 2.25. The van der Waals surface area contributed by atoms with Gasteiger partial charge in [-0.2, -0.15) is 0 Å². The molecule has 9 heteroatoms. The lowest BCUT2D eigenvalue weighted by Crippen LogP contribution is -2.25. The number of hydrogen-bond donors (Lipinski definition) is 2. The second-order valence-electron chi connectivity index (χ2n) is 7.90. The Balaban J connectivity index is 1.50. The molecule has 0 fully saturated rings. The number of benzene rings is 2. The summed E-state index contributed by atoms with van der Waals surface area (Å²) in [5.41, 5.74) is 2.64. The summed E-state index contributed by atoms with van der Waals surface area (Å²) >= 11 is 4.10. The van der Waals surface area contributed by atoms with Crippen LogP contribution >= 0.6 is 34.4 Å². The molecule has 4 rings (SSSR count). The molecule has 2 aromatic heterocycles. The lowest BCUT2D eigenvalue weighted by Gasteiger charge is -2.16. The second kappa shape index (κ2) is 12.7. The number of carbonyl (C=O) groups is 3. The Kier molecular flexibility index (Phi) is 9.16. The predicted molar refractivity (Wildman–Crippen MR) is 153 cm³/mol. The second-order valence-corrected chi connectivity index (χ2v) is 11.0. The standard InChI is InChI=1S/C28H26N2O4S3/c1-3-22(37-20-13-8-12-19(16-20)29-26(32)23-14-9-15-35-23)25(31)30-27-24(28(33)34-4-2)21(17-36-27)18-10-6-5-7-11-18/h5-17,22H,3-4H2,1-2H3,(H,29,32)(H,30,31). The van der Waals surface area contributed by atoms with Crippen LogP contribution in [0, 0.1) is 0 Å². The summed E-state index contributed by atoms with van der Waals surface area (Å²) in [5.74, 6) is -0.833. The maximum atomic E-state index is 13.3. The Bertz CT molecular complexity index is 1370. The van der Waals surface area contributed by atoms with Gasteiger partial charge in [-0.3, -0.25) is 9.59 Å². The summed E-state index contributed by atoms with van der Waals surface area (Å²) in [7, 11) is 0. The molecule has 1 unspecified atom stereocenters. The van der Waals surface area contributed by atoms with Crippen molar-refractivity contribution in [3.63, 3.8) is 0 Å². The van der Waals surface area contributed by atoms with E-state index in [0.717, 1.165) is 16.0 Å². The van der Waals surface area contributed by atoms with Crippen molar-refractivity contribution in [2.75, 3.05) is 17.2 Å². The molecule has 0 saturated heterocycles. The number of thioether (sulfide) groups is 1. The van der Waals surface area contributed by atoms with Gasteiger partial charge in [-0.25, -0.2) is 4.79 Å².